The minimum atomic E-state index is 0.0932. The fourth-order valence-electron chi connectivity index (χ4n) is 3.19. The molecule has 1 fully saturated rings. The maximum atomic E-state index is 12.6. The molecule has 128 valence electrons. The first kappa shape index (κ1) is 16.5. The van der Waals surface area contributed by atoms with E-state index in [2.05, 4.69) is 18.2 Å². The molecule has 0 radical (unpaired) electrons. The van der Waals surface area contributed by atoms with E-state index in [1.807, 2.05) is 11.0 Å². The molecule has 1 saturated heterocycles. The van der Waals surface area contributed by atoms with Crippen LogP contribution < -0.4 is 4.90 Å². The summed E-state index contributed by atoms with van der Waals surface area (Å²) in [6.07, 6.45) is 0. The molecule has 1 amide bonds. The van der Waals surface area contributed by atoms with E-state index in [-0.39, 0.29) is 5.91 Å². The number of hydrogen-bond donors (Lipinski definition) is 1. The van der Waals surface area contributed by atoms with Crippen molar-refractivity contribution in [3.8, 4) is 0 Å². The fourth-order valence-corrected chi connectivity index (χ4v) is 4.35. The number of nitrogens with one attached hydrogen (secondary N) is 1. The quantitative estimate of drug-likeness (QED) is 0.767. The minimum absolute atomic E-state index is 0.0932. The van der Waals surface area contributed by atoms with Crippen molar-refractivity contribution in [3.05, 3.63) is 64.1 Å². The van der Waals surface area contributed by atoms with Crippen LogP contribution in [0.5, 0.6) is 0 Å². The molecule has 3 aromatic rings. The summed E-state index contributed by atoms with van der Waals surface area (Å²) in [5.74, 6) is 0.0932. The van der Waals surface area contributed by atoms with Gasteiger partial charge in [-0.15, -0.1) is 11.3 Å². The Morgan fingerprint density at radius 3 is 2.56 bits per heavy atom. The molecular weight excluding hydrogens is 354 g/mol. The number of halogens is 1. The zero-order valence-corrected chi connectivity index (χ0v) is 15.3. The summed E-state index contributed by atoms with van der Waals surface area (Å²) in [6, 6.07) is 15.4. The third-order valence-corrected chi connectivity index (χ3v) is 5.88. The van der Waals surface area contributed by atoms with Gasteiger partial charge in [-0.05, 0) is 36.4 Å². The van der Waals surface area contributed by atoms with Crippen molar-refractivity contribution in [2.24, 2.45) is 0 Å². The summed E-state index contributed by atoms with van der Waals surface area (Å²) >= 11 is 7.67. The maximum absolute atomic E-state index is 12.6. The van der Waals surface area contributed by atoms with Crippen molar-refractivity contribution < 1.29 is 9.69 Å². The van der Waals surface area contributed by atoms with Crippen LogP contribution in [0.3, 0.4) is 0 Å². The number of para-hydroxylation sites is 1. The SMILES string of the molecule is O=C(c1ccc(Cl)cc1)N1CC[NH+](Cc2nc3ccccc3s2)CC1. The Balaban J connectivity index is 1.36. The van der Waals surface area contributed by atoms with Gasteiger partial charge in [-0.1, -0.05) is 23.7 Å². The molecule has 4 nitrogen and oxygen atoms in total. The highest BCUT2D eigenvalue weighted by Crippen LogP contribution is 2.20. The Morgan fingerprint density at radius 2 is 1.84 bits per heavy atom. The number of carbonyl (C=O) groups excluding carboxylic acids is 1. The van der Waals surface area contributed by atoms with Crippen LogP contribution in [0.2, 0.25) is 5.02 Å². The van der Waals surface area contributed by atoms with Crippen molar-refractivity contribution in [2.75, 3.05) is 26.2 Å². The van der Waals surface area contributed by atoms with Gasteiger partial charge in [0.1, 0.15) is 11.6 Å². The summed E-state index contributed by atoms with van der Waals surface area (Å²) in [7, 11) is 0. The number of nitrogens with zero attached hydrogens (tertiary/aromatic N) is 2. The van der Waals surface area contributed by atoms with E-state index in [1.165, 1.54) is 14.6 Å². The van der Waals surface area contributed by atoms with Gasteiger partial charge in [0.05, 0.1) is 36.4 Å². The van der Waals surface area contributed by atoms with Crippen LogP contribution in [0.15, 0.2) is 48.5 Å². The van der Waals surface area contributed by atoms with Gasteiger partial charge in [-0.3, -0.25) is 4.79 Å². The lowest BCUT2D eigenvalue weighted by molar-refractivity contribution is -0.917. The highest BCUT2D eigenvalue weighted by Gasteiger charge is 2.25. The van der Waals surface area contributed by atoms with Crippen molar-refractivity contribution in [1.29, 1.82) is 0 Å². The van der Waals surface area contributed by atoms with Crippen molar-refractivity contribution in [1.82, 2.24) is 9.88 Å². The van der Waals surface area contributed by atoms with Gasteiger partial charge in [0.2, 0.25) is 0 Å². The number of rotatable bonds is 3. The van der Waals surface area contributed by atoms with Gasteiger partial charge in [0.25, 0.3) is 5.91 Å². The van der Waals surface area contributed by atoms with E-state index in [0.29, 0.717) is 10.6 Å². The molecule has 1 aliphatic rings. The lowest BCUT2D eigenvalue weighted by Gasteiger charge is -2.31. The van der Waals surface area contributed by atoms with Crippen LogP contribution >= 0.6 is 22.9 Å². The molecule has 0 aliphatic carbocycles. The van der Waals surface area contributed by atoms with Crippen LogP contribution in [-0.4, -0.2) is 42.0 Å². The Labute approximate surface area is 155 Å². The Morgan fingerprint density at radius 1 is 1.12 bits per heavy atom. The number of thiazole rings is 1. The van der Waals surface area contributed by atoms with Crippen LogP contribution in [0.25, 0.3) is 10.2 Å². The fraction of sp³-hybridized carbons (Fsp3) is 0.263. The smallest absolute Gasteiger partial charge is 0.254 e. The van der Waals surface area contributed by atoms with Crippen LogP contribution in [0.1, 0.15) is 15.4 Å². The molecule has 1 aliphatic heterocycles. The topological polar surface area (TPSA) is 37.6 Å². The second kappa shape index (κ2) is 7.12. The van der Waals surface area contributed by atoms with Crippen molar-refractivity contribution in [3.63, 3.8) is 0 Å². The summed E-state index contributed by atoms with van der Waals surface area (Å²) in [6.45, 7) is 4.40. The second-order valence-electron chi connectivity index (χ2n) is 6.30. The molecule has 0 saturated carbocycles. The van der Waals surface area contributed by atoms with Gasteiger partial charge in [-0.25, -0.2) is 4.98 Å². The third kappa shape index (κ3) is 3.68. The average Bonchev–Trinajstić information content (AvgIpc) is 3.05. The molecule has 2 aromatic carbocycles. The third-order valence-electron chi connectivity index (χ3n) is 4.59. The zero-order valence-electron chi connectivity index (χ0n) is 13.7. The highest BCUT2D eigenvalue weighted by atomic mass is 35.5. The van der Waals surface area contributed by atoms with Crippen LogP contribution in [-0.2, 0) is 6.54 Å². The number of aromatic nitrogens is 1. The van der Waals surface area contributed by atoms with E-state index in [4.69, 9.17) is 16.6 Å². The average molecular weight is 373 g/mol. The molecule has 0 spiro atoms. The number of piperazine rings is 1. The zero-order chi connectivity index (χ0) is 17.2. The van der Waals surface area contributed by atoms with E-state index in [0.717, 1.165) is 38.2 Å². The van der Waals surface area contributed by atoms with E-state index >= 15 is 0 Å². The standard InChI is InChI=1S/C19H18ClN3OS/c20-15-7-5-14(6-8-15)19(24)23-11-9-22(10-12-23)13-18-21-16-3-1-2-4-17(16)25-18/h1-8H,9-13H2/p+1. The van der Waals surface area contributed by atoms with Crippen molar-refractivity contribution in [2.45, 2.75) is 6.54 Å². The molecule has 6 heteroatoms. The largest absolute Gasteiger partial charge is 0.327 e. The minimum Gasteiger partial charge on any atom is -0.327 e. The molecule has 0 atom stereocenters. The molecule has 2 heterocycles. The van der Waals surface area contributed by atoms with Gasteiger partial charge in [0.15, 0.2) is 0 Å². The summed E-state index contributed by atoms with van der Waals surface area (Å²) < 4.78 is 1.24. The number of fused-ring (bicyclic) bond motifs is 1. The highest BCUT2D eigenvalue weighted by molar-refractivity contribution is 7.18. The molecular formula is C19H19ClN3OS+. The Hall–Kier alpha value is -1.95. The maximum Gasteiger partial charge on any atom is 0.254 e. The van der Waals surface area contributed by atoms with Gasteiger partial charge in [-0.2, -0.15) is 0 Å². The van der Waals surface area contributed by atoms with Gasteiger partial charge < -0.3 is 9.80 Å². The summed E-state index contributed by atoms with van der Waals surface area (Å²) in [5, 5.41) is 1.83. The predicted molar refractivity (Wildman–Crippen MR) is 101 cm³/mol. The van der Waals surface area contributed by atoms with Crippen molar-refractivity contribution >= 4 is 39.1 Å². The normalized spacial score (nSPS) is 15.6. The number of benzene rings is 2. The number of hydrogen-bond acceptors (Lipinski definition) is 3. The number of carbonyl (C=O) groups is 1. The summed E-state index contributed by atoms with van der Waals surface area (Å²) in [4.78, 5) is 20.7. The first-order valence-corrected chi connectivity index (χ1v) is 9.61. The van der Waals surface area contributed by atoms with Crippen LogP contribution in [0.4, 0.5) is 0 Å². The molecule has 0 unspecified atom stereocenters. The lowest BCUT2D eigenvalue weighted by Crippen LogP contribution is -3.13. The Kier molecular flexibility index (Phi) is 4.70. The lowest BCUT2D eigenvalue weighted by atomic mass is 10.2. The first-order chi connectivity index (χ1) is 12.2. The van der Waals surface area contributed by atoms with E-state index in [9.17, 15) is 4.79 Å². The molecule has 0 bridgehead atoms. The predicted octanol–water partition coefficient (Wildman–Crippen LogP) is 2.49. The van der Waals surface area contributed by atoms with E-state index in [1.54, 1.807) is 35.6 Å². The molecule has 4 rings (SSSR count). The molecule has 25 heavy (non-hydrogen) atoms. The van der Waals surface area contributed by atoms with E-state index < -0.39 is 0 Å². The second-order valence-corrected chi connectivity index (χ2v) is 7.85. The van der Waals surface area contributed by atoms with Gasteiger partial charge in [0, 0.05) is 10.6 Å². The first-order valence-electron chi connectivity index (χ1n) is 8.42. The molecule has 1 aromatic heterocycles. The Bertz CT molecular complexity index is 852. The molecule has 1 N–H and O–H groups in total. The number of quaternary nitrogens is 1. The summed E-state index contributed by atoms with van der Waals surface area (Å²) in [5.41, 5.74) is 1.79. The van der Waals surface area contributed by atoms with Crippen LogP contribution in [0, 0.1) is 0 Å². The number of amides is 1. The monoisotopic (exact) mass is 372 g/mol. The van der Waals surface area contributed by atoms with Gasteiger partial charge >= 0.3 is 0 Å².